The zero-order valence-electron chi connectivity index (χ0n) is 9.02. The van der Waals surface area contributed by atoms with Gasteiger partial charge in [0, 0.05) is 13.0 Å². The minimum absolute atomic E-state index is 0.141. The molecule has 1 aromatic rings. The molecule has 0 unspecified atom stereocenters. The van der Waals surface area contributed by atoms with Crippen molar-refractivity contribution in [2.45, 2.75) is 26.3 Å². The minimum Gasteiger partial charge on any atom is -0.313 e. The standard InChI is InChI=1S/C13H16FN/c1-3-4-5-8-15-10-12-7-6-11(2)13(14)9-12/h1,6-7,9,15H,4-5,8,10H2,2H3. The fourth-order valence-electron chi connectivity index (χ4n) is 1.29. The first-order valence-electron chi connectivity index (χ1n) is 5.13. The highest BCUT2D eigenvalue weighted by atomic mass is 19.1. The van der Waals surface area contributed by atoms with Crippen LogP contribution in [0.3, 0.4) is 0 Å². The van der Waals surface area contributed by atoms with E-state index in [0.717, 1.165) is 24.9 Å². The number of unbranched alkanes of at least 4 members (excludes halogenated alkanes) is 1. The molecule has 0 spiro atoms. The number of hydrogen-bond acceptors (Lipinski definition) is 1. The summed E-state index contributed by atoms with van der Waals surface area (Å²) >= 11 is 0. The Balaban J connectivity index is 2.32. The molecule has 0 aromatic heterocycles. The summed E-state index contributed by atoms with van der Waals surface area (Å²) in [6.45, 7) is 3.33. The van der Waals surface area contributed by atoms with Crippen LogP contribution in [0, 0.1) is 25.1 Å². The quantitative estimate of drug-likeness (QED) is 0.575. The molecular formula is C13H16FN. The molecule has 80 valence electrons. The van der Waals surface area contributed by atoms with Crippen molar-refractivity contribution in [3.05, 3.63) is 35.1 Å². The normalized spacial score (nSPS) is 9.93. The second-order valence-corrected chi connectivity index (χ2v) is 3.57. The highest BCUT2D eigenvalue weighted by Crippen LogP contribution is 2.08. The van der Waals surface area contributed by atoms with E-state index >= 15 is 0 Å². The molecule has 2 heteroatoms. The molecule has 1 N–H and O–H groups in total. The Bertz CT molecular complexity index is 352. The maximum Gasteiger partial charge on any atom is 0.126 e. The first-order valence-corrected chi connectivity index (χ1v) is 5.13. The average molecular weight is 205 g/mol. The van der Waals surface area contributed by atoms with E-state index in [1.807, 2.05) is 6.07 Å². The molecule has 0 fully saturated rings. The molecule has 0 aliphatic carbocycles. The van der Waals surface area contributed by atoms with E-state index in [1.165, 1.54) is 0 Å². The van der Waals surface area contributed by atoms with Crippen molar-refractivity contribution in [3.8, 4) is 12.3 Å². The highest BCUT2D eigenvalue weighted by molar-refractivity contribution is 5.23. The van der Waals surface area contributed by atoms with Gasteiger partial charge < -0.3 is 5.32 Å². The van der Waals surface area contributed by atoms with Crippen LogP contribution in [0.5, 0.6) is 0 Å². The molecule has 0 bridgehead atoms. The van der Waals surface area contributed by atoms with Gasteiger partial charge in [0.25, 0.3) is 0 Å². The third-order valence-corrected chi connectivity index (χ3v) is 2.24. The number of halogens is 1. The van der Waals surface area contributed by atoms with Crippen molar-refractivity contribution in [2.75, 3.05) is 6.54 Å². The third kappa shape index (κ3) is 4.14. The van der Waals surface area contributed by atoms with Crippen LogP contribution in [0.1, 0.15) is 24.0 Å². The summed E-state index contributed by atoms with van der Waals surface area (Å²) in [5, 5.41) is 3.22. The predicted molar refractivity (Wildman–Crippen MR) is 60.9 cm³/mol. The van der Waals surface area contributed by atoms with Crippen molar-refractivity contribution >= 4 is 0 Å². The zero-order chi connectivity index (χ0) is 11.1. The second kappa shape index (κ2) is 6.21. The molecule has 1 rings (SSSR count). The van der Waals surface area contributed by atoms with E-state index in [-0.39, 0.29) is 5.82 Å². The van der Waals surface area contributed by atoms with Crippen molar-refractivity contribution < 1.29 is 4.39 Å². The molecule has 0 amide bonds. The second-order valence-electron chi connectivity index (χ2n) is 3.57. The van der Waals surface area contributed by atoms with Gasteiger partial charge in [0.1, 0.15) is 5.82 Å². The van der Waals surface area contributed by atoms with Crippen molar-refractivity contribution in [2.24, 2.45) is 0 Å². The lowest BCUT2D eigenvalue weighted by atomic mass is 10.1. The molecule has 1 aromatic carbocycles. The molecule has 0 radical (unpaired) electrons. The Kier molecular flexibility index (Phi) is 4.86. The fraction of sp³-hybridized carbons (Fsp3) is 0.385. The molecule has 0 heterocycles. The number of aryl methyl sites for hydroxylation is 1. The van der Waals surface area contributed by atoms with Crippen LogP contribution in [0.4, 0.5) is 4.39 Å². The fourth-order valence-corrected chi connectivity index (χ4v) is 1.29. The van der Waals surface area contributed by atoms with Gasteiger partial charge in [0.15, 0.2) is 0 Å². The molecule has 0 aliphatic rings. The summed E-state index contributed by atoms with van der Waals surface area (Å²) in [6.07, 6.45) is 6.88. The molecule has 0 saturated carbocycles. The van der Waals surface area contributed by atoms with E-state index < -0.39 is 0 Å². The van der Waals surface area contributed by atoms with Gasteiger partial charge in [0.2, 0.25) is 0 Å². The van der Waals surface area contributed by atoms with Gasteiger partial charge in [-0.05, 0) is 37.1 Å². The van der Waals surface area contributed by atoms with Crippen molar-refractivity contribution in [1.29, 1.82) is 0 Å². The van der Waals surface area contributed by atoms with E-state index in [0.29, 0.717) is 12.1 Å². The molecule has 15 heavy (non-hydrogen) atoms. The van der Waals surface area contributed by atoms with Gasteiger partial charge in [0.05, 0.1) is 0 Å². The lowest BCUT2D eigenvalue weighted by Gasteiger charge is -2.04. The van der Waals surface area contributed by atoms with Gasteiger partial charge in [-0.3, -0.25) is 0 Å². The van der Waals surface area contributed by atoms with Crippen LogP contribution < -0.4 is 5.32 Å². The van der Waals surface area contributed by atoms with Crippen LogP contribution in [-0.2, 0) is 6.54 Å². The molecular weight excluding hydrogens is 189 g/mol. The van der Waals surface area contributed by atoms with E-state index in [1.54, 1.807) is 19.1 Å². The molecule has 1 nitrogen and oxygen atoms in total. The summed E-state index contributed by atoms with van der Waals surface area (Å²) in [4.78, 5) is 0. The number of terminal acetylenes is 1. The molecule has 0 aliphatic heterocycles. The first kappa shape index (κ1) is 11.7. The first-order chi connectivity index (χ1) is 7.24. The smallest absolute Gasteiger partial charge is 0.126 e. The number of hydrogen-bond donors (Lipinski definition) is 1. The number of rotatable bonds is 5. The average Bonchev–Trinajstić information content (AvgIpc) is 2.23. The Morgan fingerprint density at radius 3 is 2.93 bits per heavy atom. The zero-order valence-corrected chi connectivity index (χ0v) is 9.02. The number of nitrogens with one attached hydrogen (secondary N) is 1. The van der Waals surface area contributed by atoms with Gasteiger partial charge in [-0.25, -0.2) is 4.39 Å². The summed E-state index contributed by atoms with van der Waals surface area (Å²) in [6, 6.07) is 5.31. The minimum atomic E-state index is -0.141. The van der Waals surface area contributed by atoms with Crippen molar-refractivity contribution in [3.63, 3.8) is 0 Å². The van der Waals surface area contributed by atoms with Gasteiger partial charge in [-0.2, -0.15) is 0 Å². The van der Waals surface area contributed by atoms with E-state index in [2.05, 4.69) is 11.2 Å². The maximum absolute atomic E-state index is 13.2. The third-order valence-electron chi connectivity index (χ3n) is 2.24. The Labute approximate surface area is 90.7 Å². The largest absolute Gasteiger partial charge is 0.313 e. The van der Waals surface area contributed by atoms with Crippen LogP contribution in [0.2, 0.25) is 0 Å². The summed E-state index contributed by atoms with van der Waals surface area (Å²) in [7, 11) is 0. The SMILES string of the molecule is C#CCCCNCc1ccc(C)c(F)c1. The number of benzene rings is 1. The molecule has 0 saturated heterocycles. The topological polar surface area (TPSA) is 12.0 Å². The van der Waals surface area contributed by atoms with Crippen molar-refractivity contribution in [1.82, 2.24) is 5.32 Å². The van der Waals surface area contributed by atoms with Crippen LogP contribution in [-0.4, -0.2) is 6.54 Å². The van der Waals surface area contributed by atoms with Gasteiger partial charge >= 0.3 is 0 Å². The molecule has 0 atom stereocenters. The highest BCUT2D eigenvalue weighted by Gasteiger charge is 1.98. The van der Waals surface area contributed by atoms with E-state index in [9.17, 15) is 4.39 Å². The summed E-state index contributed by atoms with van der Waals surface area (Å²) < 4.78 is 13.2. The lowest BCUT2D eigenvalue weighted by molar-refractivity contribution is 0.609. The van der Waals surface area contributed by atoms with Gasteiger partial charge in [-0.15, -0.1) is 12.3 Å². The van der Waals surface area contributed by atoms with Crippen LogP contribution in [0.25, 0.3) is 0 Å². The van der Waals surface area contributed by atoms with E-state index in [4.69, 9.17) is 6.42 Å². The Hall–Kier alpha value is -1.33. The lowest BCUT2D eigenvalue weighted by Crippen LogP contribution is -2.14. The predicted octanol–water partition coefficient (Wildman–Crippen LogP) is 2.64. The maximum atomic E-state index is 13.2. The summed E-state index contributed by atoms with van der Waals surface area (Å²) in [5.74, 6) is 2.44. The summed E-state index contributed by atoms with van der Waals surface area (Å²) in [5.41, 5.74) is 1.66. The Morgan fingerprint density at radius 2 is 2.27 bits per heavy atom. The monoisotopic (exact) mass is 205 g/mol. The van der Waals surface area contributed by atoms with Crippen LogP contribution in [0.15, 0.2) is 18.2 Å². The Morgan fingerprint density at radius 1 is 1.47 bits per heavy atom. The van der Waals surface area contributed by atoms with Crippen LogP contribution >= 0.6 is 0 Å². The van der Waals surface area contributed by atoms with Gasteiger partial charge in [-0.1, -0.05) is 12.1 Å².